The topological polar surface area (TPSA) is 49.8 Å². The Balaban J connectivity index is 2.20. The number of amides is 1. The Morgan fingerprint density at radius 1 is 1.33 bits per heavy atom. The van der Waals surface area contributed by atoms with E-state index in [0.29, 0.717) is 0 Å². The van der Waals surface area contributed by atoms with Crippen LogP contribution in [0.2, 0.25) is 0 Å². The van der Waals surface area contributed by atoms with Crippen LogP contribution in [0.1, 0.15) is 6.92 Å². The summed E-state index contributed by atoms with van der Waals surface area (Å²) in [6.07, 6.45) is -0.855. The predicted octanol–water partition coefficient (Wildman–Crippen LogP) is 0.791. The van der Waals surface area contributed by atoms with Crippen molar-refractivity contribution in [2.24, 2.45) is 0 Å². The van der Waals surface area contributed by atoms with Crippen LogP contribution < -0.4 is 9.64 Å². The number of aliphatic hydroxyl groups excluding tert-OH is 1. The molecular formula is C11H13NO3. The summed E-state index contributed by atoms with van der Waals surface area (Å²) in [5.74, 6) is 0.507. The molecule has 4 heteroatoms. The Kier molecular flexibility index (Phi) is 2.36. The largest absolute Gasteiger partial charge is 0.497 e. The molecule has 0 unspecified atom stereocenters. The van der Waals surface area contributed by atoms with E-state index < -0.39 is 6.10 Å². The van der Waals surface area contributed by atoms with Crippen molar-refractivity contribution in [3.8, 4) is 5.75 Å². The van der Waals surface area contributed by atoms with E-state index in [4.69, 9.17) is 4.74 Å². The molecule has 0 bridgehead atoms. The van der Waals surface area contributed by atoms with Crippen LogP contribution in [-0.4, -0.2) is 30.3 Å². The van der Waals surface area contributed by atoms with E-state index in [1.54, 1.807) is 36.3 Å². The van der Waals surface area contributed by atoms with E-state index in [-0.39, 0.29) is 11.9 Å². The number of nitrogens with zero attached hydrogens (tertiary/aromatic N) is 1. The molecule has 0 aromatic heterocycles. The zero-order chi connectivity index (χ0) is 11.0. The Bertz CT molecular complexity index is 374. The van der Waals surface area contributed by atoms with Crippen LogP contribution in [-0.2, 0) is 4.79 Å². The molecule has 0 aliphatic carbocycles. The number of rotatable bonds is 2. The molecule has 0 radical (unpaired) electrons. The Morgan fingerprint density at radius 3 is 2.40 bits per heavy atom. The molecule has 1 saturated heterocycles. The molecule has 1 N–H and O–H groups in total. The molecule has 0 spiro atoms. The Hall–Kier alpha value is -1.55. The first-order valence-corrected chi connectivity index (χ1v) is 4.80. The summed E-state index contributed by atoms with van der Waals surface area (Å²) >= 11 is 0. The number of carbonyl (C=O) groups is 1. The molecule has 80 valence electrons. The van der Waals surface area contributed by atoms with Crippen LogP contribution in [0.4, 0.5) is 5.69 Å². The van der Waals surface area contributed by atoms with Crippen molar-refractivity contribution < 1.29 is 14.6 Å². The van der Waals surface area contributed by atoms with Crippen molar-refractivity contribution in [2.45, 2.75) is 19.1 Å². The number of β-lactam (4-membered cyclic amide) rings is 1. The lowest BCUT2D eigenvalue weighted by Crippen LogP contribution is -2.63. The van der Waals surface area contributed by atoms with Gasteiger partial charge in [-0.2, -0.15) is 0 Å². The Labute approximate surface area is 88.1 Å². The monoisotopic (exact) mass is 207 g/mol. The van der Waals surface area contributed by atoms with Crippen molar-refractivity contribution in [1.82, 2.24) is 0 Å². The molecule has 1 aliphatic rings. The summed E-state index contributed by atoms with van der Waals surface area (Å²) in [6.45, 7) is 1.82. The molecule has 1 aromatic rings. The third-order valence-electron chi connectivity index (χ3n) is 2.71. The van der Waals surface area contributed by atoms with Gasteiger partial charge in [0.1, 0.15) is 5.75 Å². The number of methoxy groups -OCH3 is 1. The van der Waals surface area contributed by atoms with Crippen molar-refractivity contribution >= 4 is 11.6 Å². The maximum Gasteiger partial charge on any atom is 0.258 e. The first-order chi connectivity index (χ1) is 7.15. The quantitative estimate of drug-likeness (QED) is 0.729. The fraction of sp³-hybridized carbons (Fsp3) is 0.364. The predicted molar refractivity (Wildman–Crippen MR) is 55.9 cm³/mol. The highest BCUT2D eigenvalue weighted by Crippen LogP contribution is 2.29. The van der Waals surface area contributed by atoms with Gasteiger partial charge in [0.05, 0.1) is 13.2 Å². The second-order valence-electron chi connectivity index (χ2n) is 3.59. The summed E-state index contributed by atoms with van der Waals surface area (Å²) in [7, 11) is 1.59. The number of benzene rings is 1. The van der Waals surface area contributed by atoms with Crippen LogP contribution in [0, 0.1) is 0 Å². The van der Waals surface area contributed by atoms with Gasteiger partial charge in [-0.15, -0.1) is 0 Å². The highest BCUT2D eigenvalue weighted by molar-refractivity contribution is 6.04. The number of carbonyl (C=O) groups excluding carboxylic acids is 1. The van der Waals surface area contributed by atoms with Crippen LogP contribution in [0.5, 0.6) is 5.75 Å². The van der Waals surface area contributed by atoms with Crippen LogP contribution in [0.3, 0.4) is 0 Å². The minimum atomic E-state index is -0.855. The van der Waals surface area contributed by atoms with E-state index in [1.165, 1.54) is 0 Å². The van der Waals surface area contributed by atoms with Gasteiger partial charge in [0.15, 0.2) is 6.10 Å². The zero-order valence-electron chi connectivity index (χ0n) is 8.68. The summed E-state index contributed by atoms with van der Waals surface area (Å²) in [5.41, 5.74) is 0.790. The maximum atomic E-state index is 11.4. The second-order valence-corrected chi connectivity index (χ2v) is 3.59. The first kappa shape index (κ1) is 9.98. The van der Waals surface area contributed by atoms with E-state index in [2.05, 4.69) is 0 Å². The van der Waals surface area contributed by atoms with Gasteiger partial charge in [0.2, 0.25) is 0 Å². The average Bonchev–Trinajstić information content (AvgIpc) is 2.30. The van der Waals surface area contributed by atoms with Gasteiger partial charge >= 0.3 is 0 Å². The van der Waals surface area contributed by atoms with Gasteiger partial charge in [-0.05, 0) is 31.2 Å². The standard InChI is InChI=1S/C11H13NO3/c1-7-10(13)11(14)12(7)8-3-5-9(15-2)6-4-8/h3-7,10,13H,1-2H3/t7-,10+/m1/s1. The van der Waals surface area contributed by atoms with Gasteiger partial charge < -0.3 is 14.7 Å². The smallest absolute Gasteiger partial charge is 0.258 e. The van der Waals surface area contributed by atoms with Gasteiger partial charge in [-0.1, -0.05) is 0 Å². The Morgan fingerprint density at radius 2 is 1.93 bits per heavy atom. The highest BCUT2D eigenvalue weighted by Gasteiger charge is 2.43. The molecule has 1 heterocycles. The molecular weight excluding hydrogens is 194 g/mol. The molecule has 2 atom stereocenters. The van der Waals surface area contributed by atoms with Crippen molar-refractivity contribution in [2.75, 3.05) is 12.0 Å². The lowest BCUT2D eigenvalue weighted by molar-refractivity contribution is -0.136. The molecule has 1 aromatic carbocycles. The van der Waals surface area contributed by atoms with E-state index in [9.17, 15) is 9.90 Å². The lowest BCUT2D eigenvalue weighted by Gasteiger charge is -2.42. The molecule has 1 aliphatic heterocycles. The van der Waals surface area contributed by atoms with E-state index in [1.807, 2.05) is 6.92 Å². The summed E-state index contributed by atoms with van der Waals surface area (Å²) in [4.78, 5) is 12.9. The maximum absolute atomic E-state index is 11.4. The first-order valence-electron chi connectivity index (χ1n) is 4.80. The SMILES string of the molecule is COc1ccc(N2C(=O)[C@@H](O)[C@H]2C)cc1. The summed E-state index contributed by atoms with van der Waals surface area (Å²) in [6, 6.07) is 7.05. The number of hydrogen-bond acceptors (Lipinski definition) is 3. The third-order valence-corrected chi connectivity index (χ3v) is 2.71. The van der Waals surface area contributed by atoms with Gasteiger partial charge in [-0.3, -0.25) is 4.79 Å². The van der Waals surface area contributed by atoms with Gasteiger partial charge in [0, 0.05) is 5.69 Å². The van der Waals surface area contributed by atoms with E-state index in [0.717, 1.165) is 11.4 Å². The minimum absolute atomic E-state index is 0.147. The molecule has 2 rings (SSSR count). The van der Waals surface area contributed by atoms with Gasteiger partial charge in [0.25, 0.3) is 5.91 Å². The molecule has 4 nitrogen and oxygen atoms in total. The summed E-state index contributed by atoms with van der Waals surface area (Å²) in [5, 5.41) is 9.30. The highest BCUT2D eigenvalue weighted by atomic mass is 16.5. The van der Waals surface area contributed by atoms with Gasteiger partial charge in [-0.25, -0.2) is 0 Å². The zero-order valence-corrected chi connectivity index (χ0v) is 8.68. The average molecular weight is 207 g/mol. The number of aliphatic hydroxyl groups is 1. The molecule has 1 fully saturated rings. The van der Waals surface area contributed by atoms with E-state index >= 15 is 0 Å². The lowest BCUT2D eigenvalue weighted by atomic mass is 9.99. The van der Waals surface area contributed by atoms with Crippen LogP contribution in [0.25, 0.3) is 0 Å². The number of anilines is 1. The van der Waals surface area contributed by atoms with Crippen molar-refractivity contribution in [3.05, 3.63) is 24.3 Å². The third kappa shape index (κ3) is 1.47. The normalized spacial score (nSPS) is 25.0. The fourth-order valence-electron chi connectivity index (χ4n) is 1.71. The number of hydrogen-bond donors (Lipinski definition) is 1. The minimum Gasteiger partial charge on any atom is -0.497 e. The molecule has 1 amide bonds. The number of ether oxygens (including phenoxy) is 1. The van der Waals surface area contributed by atoms with Crippen LogP contribution >= 0.6 is 0 Å². The molecule has 0 saturated carbocycles. The van der Waals surface area contributed by atoms with Crippen LogP contribution in [0.15, 0.2) is 24.3 Å². The molecule has 15 heavy (non-hydrogen) atoms. The summed E-state index contributed by atoms with van der Waals surface area (Å²) < 4.78 is 5.02. The van der Waals surface area contributed by atoms with Crippen molar-refractivity contribution in [1.29, 1.82) is 0 Å². The van der Waals surface area contributed by atoms with Crippen molar-refractivity contribution in [3.63, 3.8) is 0 Å². The second kappa shape index (κ2) is 3.55. The fourth-order valence-corrected chi connectivity index (χ4v) is 1.71.